The van der Waals surface area contributed by atoms with Crippen LogP contribution < -0.4 is 0 Å². The zero-order chi connectivity index (χ0) is 6.41. The van der Waals surface area contributed by atoms with Crippen LogP contribution in [0.15, 0.2) is 0 Å². The normalized spacial score (nSPS) is 10.7. The Morgan fingerprint density at radius 3 is 2.22 bits per heavy atom. The highest BCUT2D eigenvalue weighted by Gasteiger charge is 1.89. The lowest BCUT2D eigenvalue weighted by molar-refractivity contribution is 0.889. The van der Waals surface area contributed by atoms with E-state index in [9.17, 15) is 0 Å². The van der Waals surface area contributed by atoms with Gasteiger partial charge in [0.1, 0.15) is 0 Å². The zero-order valence-electron chi connectivity index (χ0n) is 6.61. The van der Waals surface area contributed by atoms with E-state index in [4.69, 9.17) is 0 Å². The first kappa shape index (κ1) is 12.4. The lowest BCUT2D eigenvalue weighted by atomic mass is 10.4. The van der Waals surface area contributed by atoms with Gasteiger partial charge in [0.05, 0.1) is 0 Å². The second kappa shape index (κ2) is 8.72. The van der Waals surface area contributed by atoms with Gasteiger partial charge >= 0.3 is 0 Å². The Labute approximate surface area is 67.0 Å². The molecular weight excluding hydrogens is 151 g/mol. The first-order valence-corrected chi connectivity index (χ1v) is 4.79. The van der Waals surface area contributed by atoms with Gasteiger partial charge in [-0.2, -0.15) is 0 Å². The molecule has 0 aromatic heterocycles. The molecule has 58 valence electrons. The maximum atomic E-state index is 2.30. The van der Waals surface area contributed by atoms with Gasteiger partial charge in [-0.3, -0.25) is 0 Å². The lowest BCUT2D eigenvalue weighted by Crippen LogP contribution is -1.84. The first-order valence-electron chi connectivity index (χ1n) is 3.50. The monoisotopic (exact) mass is 168 g/mol. The van der Waals surface area contributed by atoms with Gasteiger partial charge in [-0.15, -0.1) is 21.0 Å². The fraction of sp³-hybridized carbons (Fsp3) is 1.00. The SMILES string of the molecule is CCCCPC(C)C.Cl. The summed E-state index contributed by atoms with van der Waals surface area (Å²) in [5.74, 6) is 0. The Bertz CT molecular complexity index is 46.2. The maximum Gasteiger partial charge on any atom is -0.0294 e. The second-order valence-electron chi connectivity index (χ2n) is 2.46. The number of halogens is 1. The zero-order valence-corrected chi connectivity index (χ0v) is 8.42. The molecule has 0 aliphatic carbocycles. The molecule has 0 rings (SSSR count). The quantitative estimate of drug-likeness (QED) is 0.447. The average Bonchev–Trinajstić information content (AvgIpc) is 1.66. The molecule has 0 aromatic rings. The Morgan fingerprint density at radius 1 is 1.33 bits per heavy atom. The van der Waals surface area contributed by atoms with Crippen LogP contribution in [0.1, 0.15) is 33.6 Å². The third-order valence-electron chi connectivity index (χ3n) is 1.08. The van der Waals surface area contributed by atoms with E-state index in [1.165, 1.54) is 27.6 Å². The van der Waals surface area contributed by atoms with Crippen molar-refractivity contribution in [3.63, 3.8) is 0 Å². The van der Waals surface area contributed by atoms with Gasteiger partial charge in [0.15, 0.2) is 0 Å². The van der Waals surface area contributed by atoms with Crippen molar-refractivity contribution in [1.82, 2.24) is 0 Å². The van der Waals surface area contributed by atoms with Crippen molar-refractivity contribution in [1.29, 1.82) is 0 Å². The van der Waals surface area contributed by atoms with Gasteiger partial charge < -0.3 is 0 Å². The topological polar surface area (TPSA) is 0 Å². The molecule has 0 nitrogen and oxygen atoms in total. The standard InChI is InChI=1S/C7H17P.ClH/c1-4-5-6-8-7(2)3;/h7-8H,4-6H2,1-3H3;1H. The maximum absolute atomic E-state index is 2.30. The second-order valence-corrected chi connectivity index (χ2v) is 4.53. The summed E-state index contributed by atoms with van der Waals surface area (Å²) in [5, 5.41) is 0. The van der Waals surface area contributed by atoms with Crippen molar-refractivity contribution >= 4 is 21.0 Å². The van der Waals surface area contributed by atoms with Crippen molar-refractivity contribution < 1.29 is 0 Å². The summed E-state index contributed by atoms with van der Waals surface area (Å²) in [6.45, 7) is 6.85. The molecule has 0 spiro atoms. The van der Waals surface area contributed by atoms with Crippen molar-refractivity contribution in [3.05, 3.63) is 0 Å². The van der Waals surface area contributed by atoms with Gasteiger partial charge in [0.2, 0.25) is 0 Å². The van der Waals surface area contributed by atoms with Crippen molar-refractivity contribution in [2.45, 2.75) is 39.3 Å². The molecule has 0 radical (unpaired) electrons. The van der Waals surface area contributed by atoms with Crippen LogP contribution in [0.2, 0.25) is 0 Å². The minimum atomic E-state index is 0. The van der Waals surface area contributed by atoms with E-state index < -0.39 is 0 Å². The van der Waals surface area contributed by atoms with E-state index in [1.807, 2.05) is 0 Å². The van der Waals surface area contributed by atoms with Crippen LogP contribution in [0.5, 0.6) is 0 Å². The Kier molecular flexibility index (Phi) is 12.0. The van der Waals surface area contributed by atoms with Gasteiger partial charge in [-0.05, 0) is 18.2 Å². The molecule has 0 fully saturated rings. The predicted octanol–water partition coefficient (Wildman–Crippen LogP) is 3.30. The molecule has 0 N–H and O–H groups in total. The number of hydrogen-bond donors (Lipinski definition) is 0. The summed E-state index contributed by atoms with van der Waals surface area (Å²) >= 11 is 0. The van der Waals surface area contributed by atoms with Crippen LogP contribution in [0.25, 0.3) is 0 Å². The molecule has 1 atom stereocenters. The minimum Gasteiger partial charge on any atom is -0.147 e. The van der Waals surface area contributed by atoms with Crippen molar-refractivity contribution in [2.24, 2.45) is 0 Å². The summed E-state index contributed by atoms with van der Waals surface area (Å²) < 4.78 is 0. The number of rotatable bonds is 4. The summed E-state index contributed by atoms with van der Waals surface area (Å²) in [6, 6.07) is 0. The van der Waals surface area contributed by atoms with E-state index in [-0.39, 0.29) is 12.4 Å². The van der Waals surface area contributed by atoms with E-state index in [2.05, 4.69) is 20.8 Å². The molecule has 0 aromatic carbocycles. The molecule has 0 heterocycles. The molecule has 0 bridgehead atoms. The smallest absolute Gasteiger partial charge is 0.0294 e. The lowest BCUT2D eigenvalue weighted by Gasteiger charge is -2.01. The van der Waals surface area contributed by atoms with E-state index in [1.54, 1.807) is 0 Å². The number of hydrogen-bond acceptors (Lipinski definition) is 0. The van der Waals surface area contributed by atoms with E-state index in [0.29, 0.717) is 0 Å². The van der Waals surface area contributed by atoms with Crippen LogP contribution in [-0.4, -0.2) is 11.8 Å². The van der Waals surface area contributed by atoms with Crippen molar-refractivity contribution in [2.75, 3.05) is 6.16 Å². The summed E-state index contributed by atoms with van der Waals surface area (Å²) in [6.07, 6.45) is 4.24. The van der Waals surface area contributed by atoms with Crippen LogP contribution in [-0.2, 0) is 0 Å². The third kappa shape index (κ3) is 12.0. The van der Waals surface area contributed by atoms with Crippen LogP contribution >= 0.6 is 21.0 Å². The van der Waals surface area contributed by atoms with E-state index >= 15 is 0 Å². The van der Waals surface area contributed by atoms with Gasteiger partial charge in [0, 0.05) is 0 Å². The summed E-state index contributed by atoms with van der Waals surface area (Å²) in [7, 11) is 1.20. The third-order valence-corrected chi connectivity index (χ3v) is 2.54. The molecule has 0 aliphatic heterocycles. The molecule has 0 saturated heterocycles. The highest BCUT2D eigenvalue weighted by atomic mass is 35.5. The first-order chi connectivity index (χ1) is 3.77. The Balaban J connectivity index is 0. The van der Waals surface area contributed by atoms with Crippen LogP contribution in [0, 0.1) is 0 Å². The summed E-state index contributed by atoms with van der Waals surface area (Å²) in [5.41, 5.74) is 0.932. The van der Waals surface area contributed by atoms with Crippen LogP contribution in [0.3, 0.4) is 0 Å². The highest BCUT2D eigenvalue weighted by Crippen LogP contribution is 2.18. The average molecular weight is 169 g/mol. The Morgan fingerprint density at radius 2 is 1.89 bits per heavy atom. The van der Waals surface area contributed by atoms with E-state index in [0.717, 1.165) is 5.66 Å². The molecule has 0 aliphatic rings. The van der Waals surface area contributed by atoms with Crippen LogP contribution in [0.4, 0.5) is 0 Å². The predicted molar refractivity (Wildman–Crippen MR) is 50.5 cm³/mol. The molecule has 2 heteroatoms. The van der Waals surface area contributed by atoms with Gasteiger partial charge in [-0.1, -0.05) is 27.2 Å². The Hall–Kier alpha value is 0.720. The fourth-order valence-electron chi connectivity index (χ4n) is 0.568. The fourth-order valence-corrected chi connectivity index (χ4v) is 1.70. The van der Waals surface area contributed by atoms with Gasteiger partial charge in [-0.25, -0.2) is 0 Å². The molecule has 0 amide bonds. The number of unbranched alkanes of at least 4 members (excludes halogenated alkanes) is 1. The highest BCUT2D eigenvalue weighted by molar-refractivity contribution is 7.38. The largest absolute Gasteiger partial charge is 0.147 e. The summed E-state index contributed by atoms with van der Waals surface area (Å²) in [4.78, 5) is 0. The van der Waals surface area contributed by atoms with Crippen molar-refractivity contribution in [3.8, 4) is 0 Å². The minimum absolute atomic E-state index is 0. The molecule has 0 saturated carbocycles. The molecule has 9 heavy (non-hydrogen) atoms. The van der Waals surface area contributed by atoms with Gasteiger partial charge in [0.25, 0.3) is 0 Å². The molecular formula is C7H18ClP. The molecule has 1 unspecified atom stereocenters.